The molecule has 3 nitrogen and oxygen atoms in total. The van der Waals surface area contributed by atoms with E-state index in [0.29, 0.717) is 11.6 Å². The van der Waals surface area contributed by atoms with Gasteiger partial charge in [0.15, 0.2) is 5.82 Å². The molecule has 4 heteroatoms. The summed E-state index contributed by atoms with van der Waals surface area (Å²) in [7, 11) is 0. The van der Waals surface area contributed by atoms with Crippen LogP contribution in [0.2, 0.25) is 0 Å². The zero-order chi connectivity index (χ0) is 14.5. The smallest absolute Gasteiger partial charge is 0.151 e. The van der Waals surface area contributed by atoms with Gasteiger partial charge >= 0.3 is 0 Å². The van der Waals surface area contributed by atoms with Crippen molar-refractivity contribution >= 4 is 11.0 Å². The molecule has 0 bridgehead atoms. The Balaban J connectivity index is 2.18. The van der Waals surface area contributed by atoms with Gasteiger partial charge in [-0.3, -0.25) is 0 Å². The Hall–Kier alpha value is -1.42. The van der Waals surface area contributed by atoms with E-state index in [1.807, 2.05) is 6.07 Å². The molecule has 2 aromatic rings. The maximum Gasteiger partial charge on any atom is 0.151 e. The quantitative estimate of drug-likeness (QED) is 0.785. The SMILES string of the molecule is CCCn1c(CCCNC(C)C)nc2c(F)cccc21. The van der Waals surface area contributed by atoms with Gasteiger partial charge in [-0.1, -0.05) is 26.8 Å². The highest BCUT2D eigenvalue weighted by atomic mass is 19.1. The Morgan fingerprint density at radius 3 is 2.85 bits per heavy atom. The standard InChI is InChI=1S/C16H24FN3/c1-4-11-20-14-8-5-7-13(17)16(14)19-15(20)9-6-10-18-12(2)3/h5,7-8,12,18H,4,6,9-11H2,1-3H3. The van der Waals surface area contributed by atoms with Gasteiger partial charge in [-0.15, -0.1) is 0 Å². The third-order valence-electron chi connectivity index (χ3n) is 3.39. The molecule has 0 aliphatic rings. The Bertz CT molecular complexity index is 560. The van der Waals surface area contributed by atoms with Crippen LogP contribution in [0.25, 0.3) is 11.0 Å². The molecule has 2 rings (SSSR count). The molecule has 0 unspecified atom stereocenters. The maximum atomic E-state index is 13.8. The number of para-hydroxylation sites is 1. The van der Waals surface area contributed by atoms with Crippen LogP contribution < -0.4 is 5.32 Å². The molecular weight excluding hydrogens is 253 g/mol. The topological polar surface area (TPSA) is 29.9 Å². The lowest BCUT2D eigenvalue weighted by Gasteiger charge is -2.09. The van der Waals surface area contributed by atoms with Crippen LogP contribution in [0.5, 0.6) is 0 Å². The largest absolute Gasteiger partial charge is 0.328 e. The van der Waals surface area contributed by atoms with E-state index in [4.69, 9.17) is 0 Å². The molecule has 0 saturated heterocycles. The van der Waals surface area contributed by atoms with Crippen molar-refractivity contribution in [3.8, 4) is 0 Å². The molecule has 1 aromatic heterocycles. The summed E-state index contributed by atoms with van der Waals surface area (Å²) in [5, 5.41) is 3.40. The Labute approximate surface area is 120 Å². The van der Waals surface area contributed by atoms with Gasteiger partial charge in [0, 0.05) is 19.0 Å². The lowest BCUT2D eigenvalue weighted by atomic mass is 10.2. The highest BCUT2D eigenvalue weighted by molar-refractivity contribution is 5.76. The van der Waals surface area contributed by atoms with Crippen molar-refractivity contribution in [2.45, 2.75) is 52.6 Å². The Morgan fingerprint density at radius 2 is 2.15 bits per heavy atom. The summed E-state index contributed by atoms with van der Waals surface area (Å²) in [6.07, 6.45) is 2.93. The number of benzene rings is 1. The van der Waals surface area contributed by atoms with Crippen molar-refractivity contribution in [1.29, 1.82) is 0 Å². The van der Waals surface area contributed by atoms with Crippen LogP contribution in [0.3, 0.4) is 0 Å². The first kappa shape index (κ1) is 15.0. The molecule has 0 aliphatic heterocycles. The summed E-state index contributed by atoms with van der Waals surface area (Å²) < 4.78 is 16.0. The monoisotopic (exact) mass is 277 g/mol. The highest BCUT2D eigenvalue weighted by Gasteiger charge is 2.12. The van der Waals surface area contributed by atoms with E-state index in [0.717, 1.165) is 43.7 Å². The molecule has 0 atom stereocenters. The molecule has 0 saturated carbocycles. The second-order valence-electron chi connectivity index (χ2n) is 5.50. The van der Waals surface area contributed by atoms with Crippen molar-refractivity contribution < 1.29 is 4.39 Å². The number of aromatic nitrogens is 2. The summed E-state index contributed by atoms with van der Waals surface area (Å²) in [6, 6.07) is 5.70. The molecule has 1 N–H and O–H groups in total. The van der Waals surface area contributed by atoms with Crippen molar-refractivity contribution in [2.24, 2.45) is 0 Å². The van der Waals surface area contributed by atoms with Crippen LogP contribution >= 0.6 is 0 Å². The fourth-order valence-corrected chi connectivity index (χ4v) is 2.46. The number of nitrogens with zero attached hydrogens (tertiary/aromatic N) is 2. The minimum Gasteiger partial charge on any atom is -0.328 e. The van der Waals surface area contributed by atoms with Crippen LogP contribution in [0.1, 0.15) is 39.4 Å². The van der Waals surface area contributed by atoms with Crippen LogP contribution in [0, 0.1) is 5.82 Å². The summed E-state index contributed by atoms with van der Waals surface area (Å²) in [4.78, 5) is 4.51. The van der Waals surface area contributed by atoms with E-state index in [-0.39, 0.29) is 5.82 Å². The number of imidazole rings is 1. The first-order valence-corrected chi connectivity index (χ1v) is 7.50. The molecule has 0 amide bonds. The van der Waals surface area contributed by atoms with Gasteiger partial charge in [-0.25, -0.2) is 9.37 Å². The summed E-state index contributed by atoms with van der Waals surface area (Å²) in [5.74, 6) is 0.774. The fraction of sp³-hybridized carbons (Fsp3) is 0.562. The van der Waals surface area contributed by atoms with Crippen molar-refractivity contribution in [2.75, 3.05) is 6.54 Å². The number of hydrogen-bond donors (Lipinski definition) is 1. The van der Waals surface area contributed by atoms with Crippen LogP contribution in [0.15, 0.2) is 18.2 Å². The van der Waals surface area contributed by atoms with Gasteiger partial charge in [0.2, 0.25) is 0 Å². The van der Waals surface area contributed by atoms with Crippen molar-refractivity contribution in [3.05, 3.63) is 29.8 Å². The van der Waals surface area contributed by atoms with Crippen LogP contribution in [-0.2, 0) is 13.0 Å². The minimum absolute atomic E-state index is 0.223. The fourth-order valence-electron chi connectivity index (χ4n) is 2.46. The van der Waals surface area contributed by atoms with Crippen molar-refractivity contribution in [3.63, 3.8) is 0 Å². The number of halogens is 1. The predicted octanol–water partition coefficient (Wildman–Crippen LogP) is 3.52. The second kappa shape index (κ2) is 6.84. The summed E-state index contributed by atoms with van der Waals surface area (Å²) >= 11 is 0. The van der Waals surface area contributed by atoms with E-state index in [1.54, 1.807) is 6.07 Å². The molecule has 1 aromatic carbocycles. The number of nitrogens with one attached hydrogen (secondary N) is 1. The third-order valence-corrected chi connectivity index (χ3v) is 3.39. The summed E-state index contributed by atoms with van der Waals surface area (Å²) in [6.45, 7) is 8.28. The van der Waals surface area contributed by atoms with Crippen molar-refractivity contribution in [1.82, 2.24) is 14.9 Å². The van der Waals surface area contributed by atoms with E-state index >= 15 is 0 Å². The van der Waals surface area contributed by atoms with Crippen LogP contribution in [-0.4, -0.2) is 22.1 Å². The number of rotatable bonds is 7. The van der Waals surface area contributed by atoms with Gasteiger partial charge in [-0.05, 0) is 31.5 Å². The van der Waals surface area contributed by atoms with Gasteiger partial charge in [-0.2, -0.15) is 0 Å². The van der Waals surface area contributed by atoms with E-state index < -0.39 is 0 Å². The zero-order valence-electron chi connectivity index (χ0n) is 12.6. The number of aryl methyl sites for hydroxylation is 2. The first-order valence-electron chi connectivity index (χ1n) is 7.50. The van der Waals surface area contributed by atoms with Gasteiger partial charge in [0.25, 0.3) is 0 Å². The molecule has 0 radical (unpaired) electrons. The minimum atomic E-state index is -0.223. The highest BCUT2D eigenvalue weighted by Crippen LogP contribution is 2.20. The predicted molar refractivity (Wildman–Crippen MR) is 81.4 cm³/mol. The number of fused-ring (bicyclic) bond motifs is 1. The van der Waals surface area contributed by atoms with E-state index in [1.165, 1.54) is 6.07 Å². The lowest BCUT2D eigenvalue weighted by Crippen LogP contribution is -2.24. The molecular formula is C16H24FN3. The molecule has 0 fully saturated rings. The van der Waals surface area contributed by atoms with Gasteiger partial charge in [0.1, 0.15) is 11.3 Å². The Kier molecular flexibility index (Phi) is 5.12. The summed E-state index contributed by atoms with van der Waals surface area (Å²) in [5.41, 5.74) is 1.42. The number of hydrogen-bond acceptors (Lipinski definition) is 2. The van der Waals surface area contributed by atoms with E-state index in [9.17, 15) is 4.39 Å². The molecule has 0 spiro atoms. The molecule has 1 heterocycles. The normalized spacial score (nSPS) is 11.7. The average molecular weight is 277 g/mol. The average Bonchev–Trinajstić information content (AvgIpc) is 2.75. The second-order valence-corrected chi connectivity index (χ2v) is 5.50. The van der Waals surface area contributed by atoms with Gasteiger partial charge < -0.3 is 9.88 Å². The van der Waals surface area contributed by atoms with Gasteiger partial charge in [0.05, 0.1) is 5.52 Å². The third kappa shape index (κ3) is 3.37. The zero-order valence-corrected chi connectivity index (χ0v) is 12.6. The first-order chi connectivity index (χ1) is 9.63. The molecule has 0 aliphatic carbocycles. The van der Waals surface area contributed by atoms with Crippen LogP contribution in [0.4, 0.5) is 4.39 Å². The molecule has 20 heavy (non-hydrogen) atoms. The Morgan fingerprint density at radius 1 is 1.35 bits per heavy atom. The lowest BCUT2D eigenvalue weighted by molar-refractivity contribution is 0.556. The maximum absolute atomic E-state index is 13.8. The van der Waals surface area contributed by atoms with E-state index in [2.05, 4.69) is 35.6 Å². The molecule has 110 valence electrons.